The largest absolute Gasteiger partial charge is 0.479 e. The molecule has 0 unspecified atom stereocenters. The monoisotopic (exact) mass is 314 g/mol. The van der Waals surface area contributed by atoms with E-state index in [4.69, 9.17) is 16.3 Å². The van der Waals surface area contributed by atoms with Crippen molar-refractivity contribution >= 4 is 17.5 Å². The van der Waals surface area contributed by atoms with Gasteiger partial charge in [-0.3, -0.25) is 4.79 Å². The van der Waals surface area contributed by atoms with Gasteiger partial charge in [0.2, 0.25) is 0 Å². The van der Waals surface area contributed by atoms with Gasteiger partial charge in [-0.25, -0.2) is 4.39 Å². The van der Waals surface area contributed by atoms with Gasteiger partial charge in [0, 0.05) is 6.04 Å². The highest BCUT2D eigenvalue weighted by Crippen LogP contribution is 2.25. The second kappa shape index (κ2) is 7.09. The summed E-state index contributed by atoms with van der Waals surface area (Å²) < 4.78 is 18.5. The van der Waals surface area contributed by atoms with E-state index in [0.29, 0.717) is 5.75 Å². The van der Waals surface area contributed by atoms with Gasteiger partial charge in [0.05, 0.1) is 5.02 Å². The summed E-state index contributed by atoms with van der Waals surface area (Å²) in [5.41, 5.74) is 0. The van der Waals surface area contributed by atoms with Crippen LogP contribution in [-0.4, -0.2) is 43.1 Å². The molecule has 2 rings (SSSR count). The molecule has 1 aromatic rings. The quantitative estimate of drug-likeness (QED) is 0.928. The van der Waals surface area contributed by atoms with Gasteiger partial charge >= 0.3 is 0 Å². The van der Waals surface area contributed by atoms with Crippen LogP contribution in [0.3, 0.4) is 0 Å². The molecule has 0 bridgehead atoms. The van der Waals surface area contributed by atoms with Crippen LogP contribution in [0.5, 0.6) is 5.75 Å². The number of hydrogen-bond donors (Lipinski definition) is 1. The summed E-state index contributed by atoms with van der Waals surface area (Å²) in [7, 11) is 2.07. The van der Waals surface area contributed by atoms with Crippen molar-refractivity contribution in [1.29, 1.82) is 0 Å². The average molecular weight is 315 g/mol. The first-order chi connectivity index (χ1) is 9.95. The first-order valence-corrected chi connectivity index (χ1v) is 7.44. The number of carbonyl (C=O) groups is 1. The Bertz CT molecular complexity index is 504. The van der Waals surface area contributed by atoms with Gasteiger partial charge in [-0.2, -0.15) is 0 Å². The molecule has 1 fully saturated rings. The fraction of sp³-hybridized carbons (Fsp3) is 0.533. The van der Waals surface area contributed by atoms with Crippen LogP contribution in [0.25, 0.3) is 0 Å². The molecule has 1 saturated heterocycles. The predicted molar refractivity (Wildman–Crippen MR) is 80.2 cm³/mol. The number of benzene rings is 1. The van der Waals surface area contributed by atoms with Gasteiger partial charge in [-0.15, -0.1) is 0 Å². The molecule has 0 radical (unpaired) electrons. The Kier molecular flexibility index (Phi) is 5.42. The fourth-order valence-corrected chi connectivity index (χ4v) is 2.50. The number of halogens is 2. The van der Waals surface area contributed by atoms with E-state index in [1.54, 1.807) is 6.92 Å². The maximum absolute atomic E-state index is 13.0. The molecule has 1 amide bonds. The number of nitrogens with zero attached hydrogens (tertiary/aromatic N) is 1. The van der Waals surface area contributed by atoms with Gasteiger partial charge < -0.3 is 15.0 Å². The zero-order valence-corrected chi connectivity index (χ0v) is 13.0. The predicted octanol–water partition coefficient (Wildman–Crippen LogP) is 2.46. The van der Waals surface area contributed by atoms with Gasteiger partial charge in [0.25, 0.3) is 5.91 Å². The Labute approximate surface area is 129 Å². The fourth-order valence-electron chi connectivity index (χ4n) is 2.29. The number of amides is 1. The van der Waals surface area contributed by atoms with E-state index in [9.17, 15) is 9.18 Å². The van der Waals surface area contributed by atoms with Crippen molar-refractivity contribution in [3.8, 4) is 5.75 Å². The molecule has 0 saturated carbocycles. The molecule has 0 spiro atoms. The lowest BCUT2D eigenvalue weighted by Gasteiger charge is -2.30. The summed E-state index contributed by atoms with van der Waals surface area (Å²) in [5.74, 6) is -0.301. The highest BCUT2D eigenvalue weighted by molar-refractivity contribution is 6.32. The molecular weight excluding hydrogens is 295 g/mol. The highest BCUT2D eigenvalue weighted by atomic mass is 35.5. The van der Waals surface area contributed by atoms with Crippen LogP contribution in [0, 0.1) is 5.82 Å². The maximum Gasteiger partial charge on any atom is 0.260 e. The first-order valence-electron chi connectivity index (χ1n) is 7.06. The summed E-state index contributed by atoms with van der Waals surface area (Å²) in [6.45, 7) is 3.61. The SMILES string of the molecule is C[C@H](Oc1ccc(F)cc1Cl)C(=O)NC1CCN(C)CC1. The van der Waals surface area contributed by atoms with Gasteiger partial charge in [-0.1, -0.05) is 11.6 Å². The number of rotatable bonds is 4. The minimum Gasteiger partial charge on any atom is -0.479 e. The summed E-state index contributed by atoms with van der Waals surface area (Å²) in [6.07, 6.45) is 1.20. The zero-order chi connectivity index (χ0) is 15.4. The second-order valence-electron chi connectivity index (χ2n) is 5.42. The Hall–Kier alpha value is -1.33. The molecular formula is C15H20ClFN2O2. The Morgan fingerprint density at radius 3 is 2.76 bits per heavy atom. The van der Waals surface area contributed by atoms with Crippen LogP contribution in [0.2, 0.25) is 5.02 Å². The van der Waals surface area contributed by atoms with E-state index in [-0.39, 0.29) is 17.0 Å². The van der Waals surface area contributed by atoms with E-state index in [0.717, 1.165) is 25.9 Å². The maximum atomic E-state index is 13.0. The number of nitrogens with one attached hydrogen (secondary N) is 1. The van der Waals surface area contributed by atoms with Crippen molar-refractivity contribution < 1.29 is 13.9 Å². The van der Waals surface area contributed by atoms with E-state index < -0.39 is 11.9 Å². The van der Waals surface area contributed by atoms with Gasteiger partial charge in [-0.05, 0) is 58.1 Å². The van der Waals surface area contributed by atoms with Crippen molar-refractivity contribution in [1.82, 2.24) is 10.2 Å². The average Bonchev–Trinajstić information content (AvgIpc) is 2.44. The lowest BCUT2D eigenvalue weighted by atomic mass is 10.1. The number of piperidine rings is 1. The van der Waals surface area contributed by atoms with Crippen molar-refractivity contribution in [2.24, 2.45) is 0 Å². The summed E-state index contributed by atoms with van der Waals surface area (Å²) in [6, 6.07) is 4.03. The molecule has 1 heterocycles. The summed E-state index contributed by atoms with van der Waals surface area (Å²) in [5, 5.41) is 3.14. The molecule has 21 heavy (non-hydrogen) atoms. The van der Waals surface area contributed by atoms with Crippen LogP contribution < -0.4 is 10.1 Å². The van der Waals surface area contributed by atoms with Crippen LogP contribution in [0.15, 0.2) is 18.2 Å². The number of ether oxygens (including phenoxy) is 1. The van der Waals surface area contributed by atoms with Crippen LogP contribution >= 0.6 is 11.6 Å². The van der Waals surface area contributed by atoms with E-state index in [2.05, 4.69) is 17.3 Å². The summed E-state index contributed by atoms with van der Waals surface area (Å²) in [4.78, 5) is 14.3. The van der Waals surface area contributed by atoms with Gasteiger partial charge in [0.1, 0.15) is 11.6 Å². The molecule has 6 heteroatoms. The third kappa shape index (κ3) is 4.58. The van der Waals surface area contributed by atoms with Crippen molar-refractivity contribution in [2.75, 3.05) is 20.1 Å². The zero-order valence-electron chi connectivity index (χ0n) is 12.2. The standard InChI is InChI=1S/C15H20ClFN2O2/c1-10(21-14-4-3-11(17)9-13(14)16)15(20)18-12-5-7-19(2)8-6-12/h3-4,9-10,12H,5-8H2,1-2H3,(H,18,20)/t10-/m0/s1. The first kappa shape index (κ1) is 16.0. The van der Waals surface area contributed by atoms with Crippen molar-refractivity contribution in [3.05, 3.63) is 29.0 Å². The van der Waals surface area contributed by atoms with Gasteiger partial charge in [0.15, 0.2) is 6.10 Å². The Morgan fingerprint density at radius 1 is 1.48 bits per heavy atom. The topological polar surface area (TPSA) is 41.6 Å². The van der Waals surface area contributed by atoms with Crippen LogP contribution in [0.1, 0.15) is 19.8 Å². The third-order valence-corrected chi connectivity index (χ3v) is 3.93. The van der Waals surface area contributed by atoms with Crippen molar-refractivity contribution in [3.63, 3.8) is 0 Å². The van der Waals surface area contributed by atoms with Crippen molar-refractivity contribution in [2.45, 2.75) is 31.9 Å². The Morgan fingerprint density at radius 2 is 2.14 bits per heavy atom. The molecule has 1 atom stereocenters. The molecule has 0 aliphatic carbocycles. The highest BCUT2D eigenvalue weighted by Gasteiger charge is 2.22. The molecule has 4 nitrogen and oxygen atoms in total. The molecule has 1 aromatic carbocycles. The molecule has 1 aliphatic heterocycles. The number of carbonyl (C=O) groups excluding carboxylic acids is 1. The summed E-state index contributed by atoms with van der Waals surface area (Å²) >= 11 is 5.88. The lowest BCUT2D eigenvalue weighted by molar-refractivity contribution is -0.128. The smallest absolute Gasteiger partial charge is 0.260 e. The minimum absolute atomic E-state index is 0.161. The lowest BCUT2D eigenvalue weighted by Crippen LogP contribution is -2.47. The molecule has 1 aliphatic rings. The number of likely N-dealkylation sites (tertiary alicyclic amines) is 1. The molecule has 1 N–H and O–H groups in total. The van der Waals surface area contributed by atoms with E-state index in [1.165, 1.54) is 18.2 Å². The minimum atomic E-state index is -0.674. The normalized spacial score (nSPS) is 18.3. The van der Waals surface area contributed by atoms with E-state index in [1.807, 2.05) is 0 Å². The van der Waals surface area contributed by atoms with Crippen LogP contribution in [0.4, 0.5) is 4.39 Å². The number of hydrogen-bond acceptors (Lipinski definition) is 3. The second-order valence-corrected chi connectivity index (χ2v) is 5.83. The third-order valence-electron chi connectivity index (χ3n) is 3.63. The van der Waals surface area contributed by atoms with E-state index >= 15 is 0 Å². The molecule has 116 valence electrons. The molecule has 0 aromatic heterocycles. The Balaban J connectivity index is 1.87. The van der Waals surface area contributed by atoms with Crippen LogP contribution in [-0.2, 0) is 4.79 Å².